The summed E-state index contributed by atoms with van der Waals surface area (Å²) >= 11 is 0. The van der Waals surface area contributed by atoms with E-state index in [9.17, 15) is 4.79 Å². The van der Waals surface area contributed by atoms with Gasteiger partial charge in [-0.05, 0) is 35.4 Å². The van der Waals surface area contributed by atoms with Crippen LogP contribution in [0.4, 0.5) is 0 Å². The first-order chi connectivity index (χ1) is 14.5. The third-order valence-electron chi connectivity index (χ3n) is 6.06. The second-order valence-corrected chi connectivity index (χ2v) is 7.53. The molecule has 0 amide bonds. The highest BCUT2D eigenvalue weighted by Gasteiger charge is 2.57. The van der Waals surface area contributed by atoms with Crippen molar-refractivity contribution in [3.05, 3.63) is 70.8 Å². The zero-order valence-electron chi connectivity index (χ0n) is 17.9. The number of esters is 1. The van der Waals surface area contributed by atoms with Crippen LogP contribution in [0.25, 0.3) is 0 Å². The highest BCUT2D eigenvalue weighted by Crippen LogP contribution is 2.58. The summed E-state index contributed by atoms with van der Waals surface area (Å²) in [6, 6.07) is 11.6. The smallest absolute Gasteiger partial charge is 0.303 e. The molecule has 30 heavy (non-hydrogen) atoms. The molecule has 6 nitrogen and oxygen atoms in total. The van der Waals surface area contributed by atoms with Gasteiger partial charge in [0.25, 0.3) is 0 Å². The molecule has 2 aliphatic carbocycles. The van der Waals surface area contributed by atoms with Crippen LogP contribution in [0.3, 0.4) is 0 Å². The fourth-order valence-electron chi connectivity index (χ4n) is 4.77. The fraction of sp³-hybridized carbons (Fsp3) is 0.375. The van der Waals surface area contributed by atoms with Crippen LogP contribution in [0.1, 0.15) is 35.3 Å². The van der Waals surface area contributed by atoms with Gasteiger partial charge >= 0.3 is 5.97 Å². The van der Waals surface area contributed by atoms with E-state index in [1.165, 1.54) is 6.92 Å². The van der Waals surface area contributed by atoms with Crippen molar-refractivity contribution >= 4 is 5.97 Å². The lowest BCUT2D eigenvalue weighted by atomic mass is 9.67. The fourth-order valence-corrected chi connectivity index (χ4v) is 4.77. The van der Waals surface area contributed by atoms with E-state index >= 15 is 0 Å². The third-order valence-corrected chi connectivity index (χ3v) is 6.06. The van der Waals surface area contributed by atoms with Crippen LogP contribution in [-0.2, 0) is 36.6 Å². The van der Waals surface area contributed by atoms with Gasteiger partial charge in [0.1, 0.15) is 23.2 Å². The van der Waals surface area contributed by atoms with E-state index in [4.69, 9.17) is 23.7 Å². The minimum absolute atomic E-state index is 0.406. The highest BCUT2D eigenvalue weighted by molar-refractivity contribution is 5.70. The maximum atomic E-state index is 12.1. The third kappa shape index (κ3) is 2.75. The largest absolute Gasteiger partial charge is 0.496 e. The number of carbonyl (C=O) groups is 1. The number of hydrogen-bond donors (Lipinski definition) is 0. The second-order valence-electron chi connectivity index (χ2n) is 7.53. The summed E-state index contributed by atoms with van der Waals surface area (Å²) in [4.78, 5) is 12.1. The Labute approximate surface area is 176 Å². The van der Waals surface area contributed by atoms with Crippen LogP contribution < -0.4 is 9.47 Å². The number of fused-ring (bicyclic) bond motifs is 2. The summed E-state index contributed by atoms with van der Waals surface area (Å²) < 4.78 is 28.7. The maximum Gasteiger partial charge on any atom is 0.303 e. The van der Waals surface area contributed by atoms with Crippen molar-refractivity contribution in [3.8, 4) is 11.5 Å². The Morgan fingerprint density at radius 2 is 1.63 bits per heavy atom. The van der Waals surface area contributed by atoms with Crippen molar-refractivity contribution in [1.82, 2.24) is 0 Å². The molecule has 0 aromatic heterocycles. The van der Waals surface area contributed by atoms with Gasteiger partial charge in [-0.15, -0.1) is 0 Å². The molecule has 0 heterocycles. The Balaban J connectivity index is 1.83. The molecule has 158 valence electrons. The van der Waals surface area contributed by atoms with E-state index in [0.29, 0.717) is 12.2 Å². The SMILES string of the molecule is COc1cccc2c1C(/C=C/[C@]1(OC(C)=O)c3c(OC)cccc3[C@H]1OC)(OC)C2. The van der Waals surface area contributed by atoms with Crippen LogP contribution in [0.2, 0.25) is 0 Å². The molecule has 0 bridgehead atoms. The number of benzene rings is 2. The van der Waals surface area contributed by atoms with E-state index in [1.807, 2.05) is 42.5 Å². The lowest BCUT2D eigenvalue weighted by Gasteiger charge is -2.49. The number of rotatable bonds is 7. The molecular formula is C24H26O6. The van der Waals surface area contributed by atoms with Crippen molar-refractivity contribution in [1.29, 1.82) is 0 Å². The van der Waals surface area contributed by atoms with Gasteiger partial charge in [-0.3, -0.25) is 4.79 Å². The summed E-state index contributed by atoms with van der Waals surface area (Å²) in [6.07, 6.45) is 4.06. The normalized spacial score (nSPS) is 26.2. The van der Waals surface area contributed by atoms with E-state index < -0.39 is 23.3 Å². The van der Waals surface area contributed by atoms with Crippen LogP contribution in [0.5, 0.6) is 11.5 Å². The zero-order valence-corrected chi connectivity index (χ0v) is 17.9. The van der Waals surface area contributed by atoms with Crippen molar-refractivity contribution in [3.63, 3.8) is 0 Å². The summed E-state index contributed by atoms with van der Waals surface area (Å²) in [6.45, 7) is 1.39. The molecular weight excluding hydrogens is 384 g/mol. The van der Waals surface area contributed by atoms with E-state index in [1.54, 1.807) is 28.4 Å². The van der Waals surface area contributed by atoms with Gasteiger partial charge in [-0.25, -0.2) is 0 Å². The molecule has 0 saturated heterocycles. The van der Waals surface area contributed by atoms with Gasteiger partial charge in [0.05, 0.1) is 19.8 Å². The standard InChI is InChI=1S/C24H26O6/c1-15(25)30-24(21-17(22(24)28-4)9-7-11-19(21)27-3)13-12-23(29-5)14-16-8-6-10-18(26-2)20(16)23/h6-13,22H,14H2,1-5H3/b13-12+/t22-,23?,24+/m1/s1. The minimum Gasteiger partial charge on any atom is -0.496 e. The number of hydrogen-bond acceptors (Lipinski definition) is 6. The first-order valence-corrected chi connectivity index (χ1v) is 9.78. The molecule has 0 radical (unpaired) electrons. The summed E-state index contributed by atoms with van der Waals surface area (Å²) in [5, 5.41) is 0. The molecule has 4 rings (SSSR count). The lowest BCUT2D eigenvalue weighted by molar-refractivity contribution is -0.176. The predicted octanol–water partition coefficient (Wildman–Crippen LogP) is 3.82. The van der Waals surface area contributed by atoms with E-state index in [-0.39, 0.29) is 0 Å². The molecule has 0 spiro atoms. The van der Waals surface area contributed by atoms with Crippen LogP contribution in [-0.4, -0.2) is 34.4 Å². The van der Waals surface area contributed by atoms with Crippen LogP contribution in [0.15, 0.2) is 48.6 Å². The monoisotopic (exact) mass is 410 g/mol. The van der Waals surface area contributed by atoms with Gasteiger partial charge in [-0.2, -0.15) is 0 Å². The molecule has 0 saturated carbocycles. The number of carbonyl (C=O) groups excluding carboxylic acids is 1. The minimum atomic E-state index is -1.11. The molecule has 2 aliphatic rings. The summed E-state index contributed by atoms with van der Waals surface area (Å²) in [5.74, 6) is 1.00. The molecule has 0 N–H and O–H groups in total. The van der Waals surface area contributed by atoms with Crippen molar-refractivity contribution in [2.75, 3.05) is 28.4 Å². The Morgan fingerprint density at radius 1 is 0.967 bits per heavy atom. The Bertz CT molecular complexity index is 1010. The quantitative estimate of drug-likeness (QED) is 0.511. The van der Waals surface area contributed by atoms with Crippen LogP contribution >= 0.6 is 0 Å². The van der Waals surface area contributed by atoms with E-state index in [2.05, 4.69) is 6.07 Å². The molecule has 2 aromatic carbocycles. The number of methoxy groups -OCH3 is 4. The van der Waals surface area contributed by atoms with E-state index in [0.717, 1.165) is 28.0 Å². The van der Waals surface area contributed by atoms with Crippen LogP contribution in [0, 0.1) is 0 Å². The first-order valence-electron chi connectivity index (χ1n) is 9.78. The average Bonchev–Trinajstić information content (AvgIpc) is 2.72. The van der Waals surface area contributed by atoms with Crippen molar-refractivity contribution in [2.24, 2.45) is 0 Å². The summed E-state index contributed by atoms with van der Waals surface area (Å²) in [5.41, 5.74) is 2.09. The summed E-state index contributed by atoms with van der Waals surface area (Å²) in [7, 11) is 6.52. The molecule has 3 atom stereocenters. The molecule has 2 aromatic rings. The van der Waals surface area contributed by atoms with Gasteiger partial charge in [0, 0.05) is 33.1 Å². The predicted molar refractivity (Wildman–Crippen MR) is 111 cm³/mol. The molecule has 6 heteroatoms. The van der Waals surface area contributed by atoms with Crippen molar-refractivity contribution < 1.29 is 28.5 Å². The lowest BCUT2D eigenvalue weighted by Crippen LogP contribution is -2.48. The van der Waals surface area contributed by atoms with Gasteiger partial charge in [-0.1, -0.05) is 24.3 Å². The van der Waals surface area contributed by atoms with Crippen molar-refractivity contribution in [2.45, 2.75) is 30.7 Å². The second kappa shape index (κ2) is 7.45. The first kappa shape index (κ1) is 20.4. The Kier molecular flexibility index (Phi) is 5.08. The molecule has 0 aliphatic heterocycles. The highest BCUT2D eigenvalue weighted by atomic mass is 16.6. The maximum absolute atomic E-state index is 12.1. The number of ether oxygens (including phenoxy) is 5. The Morgan fingerprint density at radius 3 is 2.23 bits per heavy atom. The van der Waals surface area contributed by atoms with Gasteiger partial charge in [0.2, 0.25) is 0 Å². The van der Waals surface area contributed by atoms with Gasteiger partial charge in [0.15, 0.2) is 5.60 Å². The topological polar surface area (TPSA) is 63.2 Å². The Hall–Kier alpha value is -2.83. The average molecular weight is 410 g/mol. The zero-order chi connectivity index (χ0) is 21.5. The van der Waals surface area contributed by atoms with Gasteiger partial charge < -0.3 is 23.7 Å². The molecule has 1 unspecified atom stereocenters. The molecule has 0 fully saturated rings.